The van der Waals surface area contributed by atoms with Gasteiger partial charge in [-0.25, -0.2) is 0 Å². The van der Waals surface area contributed by atoms with Crippen molar-refractivity contribution >= 4 is 0 Å². The third kappa shape index (κ3) is 4.87. The molecule has 0 aliphatic heterocycles. The Morgan fingerprint density at radius 3 is 1.24 bits per heavy atom. The molecule has 0 amide bonds. The molecule has 0 bridgehead atoms. The van der Waals surface area contributed by atoms with Crippen LogP contribution in [0.2, 0.25) is 0 Å². The average Bonchev–Trinajstić information content (AvgIpc) is 3.58. The van der Waals surface area contributed by atoms with Gasteiger partial charge < -0.3 is 0 Å². The van der Waals surface area contributed by atoms with Crippen molar-refractivity contribution in [3.8, 4) is 55.6 Å². The first-order valence-corrected chi connectivity index (χ1v) is 20.1. The van der Waals surface area contributed by atoms with Crippen LogP contribution in [0.5, 0.6) is 0 Å². The van der Waals surface area contributed by atoms with Gasteiger partial charge in [0.2, 0.25) is 0 Å². The summed E-state index contributed by atoms with van der Waals surface area (Å²) in [6, 6.07) is 41.0. The minimum absolute atomic E-state index is 0.0234. The van der Waals surface area contributed by atoms with Crippen molar-refractivity contribution in [3.05, 3.63) is 153 Å². The molecule has 0 heteroatoms. The number of hydrogen-bond donors (Lipinski definition) is 0. The summed E-state index contributed by atoms with van der Waals surface area (Å²) in [6.45, 7) is 30.7. The highest BCUT2D eigenvalue weighted by molar-refractivity contribution is 5.95. The summed E-state index contributed by atoms with van der Waals surface area (Å²) in [4.78, 5) is 0. The molecule has 0 heterocycles. The van der Waals surface area contributed by atoms with Crippen LogP contribution in [0.3, 0.4) is 0 Å². The number of benzene rings is 6. The Labute approximate surface area is 324 Å². The minimum atomic E-state index is -0.135. The van der Waals surface area contributed by atoms with Gasteiger partial charge in [0, 0.05) is 16.2 Å². The quantitative estimate of drug-likeness (QED) is 0.168. The molecular weight excluding hydrogens is 649 g/mol. The maximum Gasteiger partial charge on any atom is 0.0159 e. The van der Waals surface area contributed by atoms with Gasteiger partial charge >= 0.3 is 0 Å². The molecule has 9 rings (SSSR count). The van der Waals surface area contributed by atoms with E-state index in [0.29, 0.717) is 0 Å². The number of hydrogen-bond acceptors (Lipinski definition) is 0. The summed E-state index contributed by atoms with van der Waals surface area (Å²) in [5.74, 6) is 0. The summed E-state index contributed by atoms with van der Waals surface area (Å²) in [6.07, 6.45) is 0. The van der Waals surface area contributed by atoms with E-state index in [-0.39, 0.29) is 27.1 Å². The Kier molecular flexibility index (Phi) is 7.12. The minimum Gasteiger partial charge on any atom is -0.0587 e. The van der Waals surface area contributed by atoms with Crippen LogP contribution >= 0.6 is 0 Å². The van der Waals surface area contributed by atoms with Crippen molar-refractivity contribution in [2.24, 2.45) is 0 Å². The van der Waals surface area contributed by atoms with Crippen LogP contribution in [-0.4, -0.2) is 0 Å². The maximum absolute atomic E-state index is 2.53. The standard InChI is InChI=1S/C54H56/c1-31-14-19-37-38-20-15-32(25-44(38)52(8,9)43(37)24-31)33-16-21-39-40-22-17-34(27-46(40)53(10,11)45(39)26-33)42-28-36(51(5,6)7)30-48-49(42)41-23-18-35(50(2,3)4)29-47(41)54(48,12)13/h14-30H,1-13H3. The highest BCUT2D eigenvalue weighted by atomic mass is 14.4. The second-order valence-electron chi connectivity index (χ2n) is 20.4. The van der Waals surface area contributed by atoms with Gasteiger partial charge in [-0.1, -0.05) is 168 Å². The molecule has 0 aromatic heterocycles. The number of rotatable bonds is 2. The van der Waals surface area contributed by atoms with Gasteiger partial charge in [-0.05, 0) is 142 Å². The largest absolute Gasteiger partial charge is 0.0587 e. The predicted octanol–water partition coefficient (Wildman–Crippen LogP) is 14.8. The van der Waals surface area contributed by atoms with Crippen molar-refractivity contribution in [2.45, 2.75) is 117 Å². The van der Waals surface area contributed by atoms with E-state index in [1.165, 1.54) is 106 Å². The van der Waals surface area contributed by atoms with Crippen molar-refractivity contribution < 1.29 is 0 Å². The zero-order valence-electron chi connectivity index (χ0n) is 34.8. The fraction of sp³-hybridized carbons (Fsp3) is 0.333. The fourth-order valence-electron chi connectivity index (χ4n) is 10.1. The lowest BCUT2D eigenvalue weighted by Crippen LogP contribution is -2.19. The SMILES string of the molecule is Cc1ccc2c(c1)C(C)(C)c1cc(-c3ccc4c(c3)C(C)(C)c3cc(-c5cc(C(C)(C)C)cc6c5-c5ccc(C(C)(C)C)cc5C6(C)C)ccc3-4)ccc1-2. The molecule has 0 unspecified atom stereocenters. The van der Waals surface area contributed by atoms with Gasteiger partial charge in [0.15, 0.2) is 0 Å². The highest BCUT2D eigenvalue weighted by Gasteiger charge is 2.41. The Morgan fingerprint density at radius 1 is 0.333 bits per heavy atom. The second kappa shape index (κ2) is 11.0. The van der Waals surface area contributed by atoms with E-state index < -0.39 is 0 Å². The molecule has 3 aliphatic carbocycles. The van der Waals surface area contributed by atoms with Gasteiger partial charge in [0.25, 0.3) is 0 Å². The first kappa shape index (κ1) is 35.0. The zero-order valence-corrected chi connectivity index (χ0v) is 34.8. The van der Waals surface area contributed by atoms with Gasteiger partial charge in [-0.2, -0.15) is 0 Å². The Morgan fingerprint density at radius 2 is 0.722 bits per heavy atom. The fourth-order valence-corrected chi connectivity index (χ4v) is 10.1. The van der Waals surface area contributed by atoms with E-state index in [0.717, 1.165) is 0 Å². The Hall–Kier alpha value is -4.68. The summed E-state index contributed by atoms with van der Waals surface area (Å²) >= 11 is 0. The summed E-state index contributed by atoms with van der Waals surface area (Å²) in [7, 11) is 0. The van der Waals surface area contributed by atoms with Crippen LogP contribution in [0.15, 0.2) is 103 Å². The van der Waals surface area contributed by atoms with Crippen LogP contribution in [0.4, 0.5) is 0 Å². The molecule has 0 radical (unpaired) electrons. The molecule has 0 atom stereocenters. The lowest BCUT2D eigenvalue weighted by atomic mass is 9.76. The van der Waals surface area contributed by atoms with Crippen molar-refractivity contribution in [2.75, 3.05) is 0 Å². The van der Waals surface area contributed by atoms with Crippen molar-refractivity contribution in [3.63, 3.8) is 0 Å². The average molecular weight is 705 g/mol. The third-order valence-corrected chi connectivity index (χ3v) is 13.7. The first-order valence-electron chi connectivity index (χ1n) is 20.1. The van der Waals surface area contributed by atoms with E-state index in [1.54, 1.807) is 0 Å². The third-order valence-electron chi connectivity index (χ3n) is 13.7. The molecule has 6 aromatic carbocycles. The Balaban J connectivity index is 1.16. The predicted molar refractivity (Wildman–Crippen MR) is 232 cm³/mol. The number of fused-ring (bicyclic) bond motifs is 9. The molecule has 0 N–H and O–H groups in total. The highest BCUT2D eigenvalue weighted by Crippen LogP contribution is 2.56. The summed E-state index contributed by atoms with van der Waals surface area (Å²) in [5.41, 5.74) is 26.2. The lowest BCUT2D eigenvalue weighted by Gasteiger charge is -2.28. The van der Waals surface area contributed by atoms with Crippen LogP contribution in [-0.2, 0) is 27.1 Å². The van der Waals surface area contributed by atoms with E-state index in [4.69, 9.17) is 0 Å². The van der Waals surface area contributed by atoms with Gasteiger partial charge in [0.05, 0.1) is 0 Å². The molecule has 0 spiro atoms. The summed E-state index contributed by atoms with van der Waals surface area (Å²) in [5, 5.41) is 0. The molecule has 6 aromatic rings. The molecule has 0 saturated carbocycles. The first-order chi connectivity index (χ1) is 25.2. The zero-order chi connectivity index (χ0) is 38.5. The van der Waals surface area contributed by atoms with E-state index in [1.807, 2.05) is 0 Å². The topological polar surface area (TPSA) is 0 Å². The molecule has 0 saturated heterocycles. The van der Waals surface area contributed by atoms with Gasteiger partial charge in [0.1, 0.15) is 0 Å². The van der Waals surface area contributed by atoms with Crippen LogP contribution in [0, 0.1) is 6.92 Å². The monoisotopic (exact) mass is 704 g/mol. The molecule has 272 valence electrons. The lowest BCUT2D eigenvalue weighted by molar-refractivity contribution is 0.580. The van der Waals surface area contributed by atoms with Gasteiger partial charge in [-0.3, -0.25) is 0 Å². The van der Waals surface area contributed by atoms with E-state index >= 15 is 0 Å². The van der Waals surface area contributed by atoms with Crippen molar-refractivity contribution in [1.29, 1.82) is 0 Å². The van der Waals surface area contributed by atoms with Gasteiger partial charge in [-0.15, -0.1) is 0 Å². The second-order valence-corrected chi connectivity index (χ2v) is 20.4. The molecule has 3 aliphatic rings. The van der Waals surface area contributed by atoms with Crippen LogP contribution in [0.1, 0.15) is 133 Å². The number of aryl methyl sites for hydroxylation is 1. The molecular formula is C54H56. The van der Waals surface area contributed by atoms with Crippen LogP contribution < -0.4 is 0 Å². The van der Waals surface area contributed by atoms with E-state index in [9.17, 15) is 0 Å². The van der Waals surface area contributed by atoms with Crippen LogP contribution in [0.25, 0.3) is 55.6 Å². The van der Waals surface area contributed by atoms with Crippen molar-refractivity contribution in [1.82, 2.24) is 0 Å². The summed E-state index contributed by atoms with van der Waals surface area (Å²) < 4.78 is 0. The molecule has 0 nitrogen and oxygen atoms in total. The smallest absolute Gasteiger partial charge is 0.0159 e. The molecule has 54 heavy (non-hydrogen) atoms. The van der Waals surface area contributed by atoms with E-state index in [2.05, 4.69) is 193 Å². The maximum atomic E-state index is 2.53. The normalized spacial score (nSPS) is 16.7. The Bertz CT molecular complexity index is 2580. The molecule has 0 fully saturated rings.